The predicted molar refractivity (Wildman–Crippen MR) is 87.4 cm³/mol. The van der Waals surface area contributed by atoms with Gasteiger partial charge in [0.15, 0.2) is 0 Å². The molecule has 0 spiro atoms. The minimum atomic E-state index is 0. The summed E-state index contributed by atoms with van der Waals surface area (Å²) in [6.07, 6.45) is 1.26. The van der Waals surface area contributed by atoms with Crippen molar-refractivity contribution in [2.24, 2.45) is 0 Å². The predicted octanol–water partition coefficient (Wildman–Crippen LogP) is -0.501. The van der Waals surface area contributed by atoms with Gasteiger partial charge in [-0.25, -0.2) is 0 Å². The Morgan fingerprint density at radius 2 is 1.25 bits per heavy atom. The third-order valence-corrected chi connectivity index (χ3v) is 1.88. The minimum absolute atomic E-state index is 0. The van der Waals surface area contributed by atoms with Crippen LogP contribution >= 0.6 is 0 Å². The number of hydrogen-bond acceptors (Lipinski definition) is 8. The number of aliphatic hydroxyl groups excluding tert-OH is 3. The van der Waals surface area contributed by atoms with Crippen LogP contribution in [-0.4, -0.2) is 102 Å². The Hall–Kier alpha value is 0.394. The van der Waals surface area contributed by atoms with E-state index in [9.17, 15) is 0 Å². The number of hydrogen-bond donors (Lipinski definition) is 3. The van der Waals surface area contributed by atoms with E-state index in [-0.39, 0.29) is 41.5 Å². The first kappa shape index (κ1) is 32.1. The molecular weight excluding hydrogens is 356 g/mol. The van der Waals surface area contributed by atoms with E-state index >= 15 is 0 Å². The summed E-state index contributed by atoms with van der Waals surface area (Å²) < 4.78 is 23.4. The molecule has 1 saturated heterocycles. The van der Waals surface area contributed by atoms with E-state index in [1.165, 1.54) is 0 Å². The van der Waals surface area contributed by atoms with Crippen LogP contribution in [0.4, 0.5) is 0 Å². The first-order valence-electron chi connectivity index (χ1n) is 7.46. The van der Waals surface area contributed by atoms with Crippen molar-refractivity contribution in [3.8, 4) is 0 Å². The van der Waals surface area contributed by atoms with Gasteiger partial charge >= 0.3 is 0 Å². The van der Waals surface area contributed by atoms with Crippen LogP contribution in [0.3, 0.4) is 0 Å². The SMILES string of the molecule is COCCO.COCCO.COCCO.[CH2-]CCOCC1CO1.[Ti]. The Labute approximate surface area is 161 Å². The van der Waals surface area contributed by atoms with Crippen LogP contribution in [0.15, 0.2) is 0 Å². The van der Waals surface area contributed by atoms with Crippen LogP contribution in [0.2, 0.25) is 0 Å². The number of rotatable bonds is 10. The average molecular weight is 391 g/mol. The number of ether oxygens (including phenoxy) is 5. The van der Waals surface area contributed by atoms with Gasteiger partial charge in [-0.2, -0.15) is 6.42 Å². The van der Waals surface area contributed by atoms with Crippen LogP contribution in [0.25, 0.3) is 0 Å². The Kier molecular flexibility index (Phi) is 46.4. The fourth-order valence-corrected chi connectivity index (χ4v) is 0.755. The van der Waals surface area contributed by atoms with E-state index in [0.29, 0.717) is 25.9 Å². The Morgan fingerprint density at radius 3 is 1.42 bits per heavy atom. The van der Waals surface area contributed by atoms with Crippen LogP contribution < -0.4 is 0 Å². The summed E-state index contributed by atoms with van der Waals surface area (Å²) in [5.74, 6) is 0. The van der Waals surface area contributed by atoms with Crippen molar-refractivity contribution >= 4 is 0 Å². The van der Waals surface area contributed by atoms with Crippen molar-refractivity contribution in [2.45, 2.75) is 12.5 Å². The molecule has 0 radical (unpaired) electrons. The van der Waals surface area contributed by atoms with Crippen LogP contribution in [0.1, 0.15) is 6.42 Å². The summed E-state index contributed by atoms with van der Waals surface area (Å²) in [4.78, 5) is 0. The summed E-state index contributed by atoms with van der Waals surface area (Å²) in [7, 11) is 4.66. The molecule has 3 N–H and O–H groups in total. The van der Waals surface area contributed by atoms with Gasteiger partial charge < -0.3 is 45.9 Å². The van der Waals surface area contributed by atoms with Crippen LogP contribution in [0.5, 0.6) is 0 Å². The molecular formula is C15H35O8Ti-. The maximum atomic E-state index is 7.94. The second kappa shape index (κ2) is 34.7. The van der Waals surface area contributed by atoms with Gasteiger partial charge in [-0.05, 0) is 0 Å². The Morgan fingerprint density at radius 1 is 0.875 bits per heavy atom. The fourth-order valence-electron chi connectivity index (χ4n) is 0.755. The molecule has 1 unspecified atom stereocenters. The molecule has 1 rings (SSSR count). The molecule has 0 saturated carbocycles. The Balaban J connectivity index is -0.000000113. The molecule has 0 aromatic rings. The van der Waals surface area contributed by atoms with E-state index in [0.717, 1.165) is 26.2 Å². The summed E-state index contributed by atoms with van der Waals surface area (Å²) in [6.45, 7) is 7.74. The molecule has 9 heteroatoms. The number of aliphatic hydroxyl groups is 3. The zero-order valence-corrected chi connectivity index (χ0v) is 16.8. The van der Waals surface area contributed by atoms with E-state index in [4.69, 9.17) is 24.8 Å². The largest absolute Gasteiger partial charge is 0.394 e. The second-order valence-corrected chi connectivity index (χ2v) is 4.03. The third-order valence-electron chi connectivity index (χ3n) is 1.88. The summed E-state index contributed by atoms with van der Waals surface area (Å²) in [6, 6.07) is 0. The van der Waals surface area contributed by atoms with Crippen molar-refractivity contribution < 1.29 is 60.7 Å². The van der Waals surface area contributed by atoms with Gasteiger partial charge in [0.05, 0.1) is 52.9 Å². The fraction of sp³-hybridized carbons (Fsp3) is 0.933. The third kappa shape index (κ3) is 49.5. The Bertz CT molecular complexity index is 153. The van der Waals surface area contributed by atoms with Gasteiger partial charge in [-0.15, -0.1) is 0 Å². The van der Waals surface area contributed by atoms with Crippen molar-refractivity contribution in [1.29, 1.82) is 0 Å². The molecule has 1 atom stereocenters. The monoisotopic (exact) mass is 391 g/mol. The van der Waals surface area contributed by atoms with E-state index < -0.39 is 0 Å². The zero-order chi connectivity index (χ0) is 18.2. The van der Waals surface area contributed by atoms with Crippen molar-refractivity contribution in [3.05, 3.63) is 6.92 Å². The molecule has 1 aliphatic rings. The zero-order valence-electron chi connectivity index (χ0n) is 15.2. The van der Waals surface area contributed by atoms with Gasteiger partial charge in [0, 0.05) is 49.7 Å². The first-order valence-corrected chi connectivity index (χ1v) is 7.46. The smallest absolute Gasteiger partial charge is 0.104 e. The molecule has 0 aromatic heterocycles. The van der Waals surface area contributed by atoms with Crippen molar-refractivity contribution in [2.75, 3.05) is 80.8 Å². The van der Waals surface area contributed by atoms with Crippen molar-refractivity contribution in [1.82, 2.24) is 0 Å². The maximum absolute atomic E-state index is 7.94. The molecule has 1 fully saturated rings. The van der Waals surface area contributed by atoms with Gasteiger partial charge in [0.25, 0.3) is 0 Å². The van der Waals surface area contributed by atoms with Crippen LogP contribution in [0, 0.1) is 6.92 Å². The van der Waals surface area contributed by atoms with Gasteiger partial charge in [0.1, 0.15) is 6.10 Å². The topological polar surface area (TPSA) is 110 Å². The van der Waals surface area contributed by atoms with E-state index in [2.05, 4.69) is 21.1 Å². The molecule has 0 aromatic carbocycles. The average Bonchev–Trinajstić information content (AvgIpc) is 3.36. The summed E-state index contributed by atoms with van der Waals surface area (Å²) >= 11 is 0. The van der Waals surface area contributed by atoms with Gasteiger partial charge in [-0.3, -0.25) is 0 Å². The van der Waals surface area contributed by atoms with E-state index in [1.54, 1.807) is 21.3 Å². The molecule has 0 aliphatic carbocycles. The standard InChI is InChI=1S/C6H11O2.3C3H8O2.Ti/c1-2-3-7-4-6-5-8-6;3*1-5-3-2-4;/h6H,1-5H2;3*4H,2-3H2,1H3;/q-1;;;;. The van der Waals surface area contributed by atoms with Crippen molar-refractivity contribution in [3.63, 3.8) is 0 Å². The number of epoxide rings is 1. The minimum Gasteiger partial charge on any atom is -0.394 e. The molecule has 1 heterocycles. The molecule has 148 valence electrons. The summed E-state index contributed by atoms with van der Waals surface area (Å²) in [5, 5.41) is 23.8. The number of methoxy groups -OCH3 is 3. The molecule has 8 nitrogen and oxygen atoms in total. The van der Waals surface area contributed by atoms with Crippen LogP contribution in [-0.2, 0) is 45.4 Å². The normalized spacial score (nSPS) is 13.9. The molecule has 1 aliphatic heterocycles. The van der Waals surface area contributed by atoms with Gasteiger partial charge in [-0.1, -0.05) is 0 Å². The molecule has 0 bridgehead atoms. The maximum Gasteiger partial charge on any atom is 0.104 e. The van der Waals surface area contributed by atoms with E-state index in [1.807, 2.05) is 0 Å². The van der Waals surface area contributed by atoms with Gasteiger partial charge in [0.2, 0.25) is 0 Å². The molecule has 0 amide bonds. The quantitative estimate of drug-likeness (QED) is 0.198. The summed E-state index contributed by atoms with van der Waals surface area (Å²) in [5.41, 5.74) is 0. The first-order chi connectivity index (χ1) is 11.2. The molecule has 24 heavy (non-hydrogen) atoms. The second-order valence-electron chi connectivity index (χ2n) is 4.03.